The van der Waals surface area contributed by atoms with Crippen LogP contribution >= 0.6 is 23.2 Å². The molecule has 1 aromatic carbocycles. The van der Waals surface area contributed by atoms with Crippen molar-refractivity contribution < 1.29 is 4.79 Å². The van der Waals surface area contributed by atoms with Gasteiger partial charge in [-0.2, -0.15) is 0 Å². The Bertz CT molecular complexity index is 903. The second kappa shape index (κ2) is 8.11. The normalized spacial score (nSPS) is 12.5. The molecule has 0 saturated carbocycles. The molecule has 0 fully saturated rings. The predicted octanol–water partition coefficient (Wildman–Crippen LogP) is 5.16. The van der Waals surface area contributed by atoms with Gasteiger partial charge in [0.2, 0.25) is 5.91 Å². The molecule has 1 amide bonds. The zero-order valence-electron chi connectivity index (χ0n) is 14.7. The number of aromatic nitrogens is 2. The SMILES string of the molecule is CC(C)CNC(=O)C[C@@H](c1ccc(Cl)nc1)c1c[nH]c2ccc(Cl)cc12. The Morgan fingerprint density at radius 1 is 1.23 bits per heavy atom. The lowest BCUT2D eigenvalue weighted by Gasteiger charge is -2.17. The van der Waals surface area contributed by atoms with Crippen LogP contribution in [0.4, 0.5) is 0 Å². The van der Waals surface area contributed by atoms with E-state index in [1.54, 1.807) is 12.3 Å². The van der Waals surface area contributed by atoms with Crippen LogP contribution in [-0.4, -0.2) is 22.4 Å². The molecule has 2 heterocycles. The number of nitrogens with one attached hydrogen (secondary N) is 2. The van der Waals surface area contributed by atoms with E-state index in [9.17, 15) is 4.79 Å². The van der Waals surface area contributed by atoms with Crippen molar-refractivity contribution in [1.82, 2.24) is 15.3 Å². The minimum absolute atomic E-state index is 0.00929. The van der Waals surface area contributed by atoms with E-state index in [0.717, 1.165) is 22.0 Å². The molecule has 2 aromatic heterocycles. The number of halogens is 2. The van der Waals surface area contributed by atoms with Gasteiger partial charge in [0, 0.05) is 47.2 Å². The summed E-state index contributed by atoms with van der Waals surface area (Å²) in [4.78, 5) is 20.0. The van der Waals surface area contributed by atoms with E-state index in [0.29, 0.717) is 29.1 Å². The maximum absolute atomic E-state index is 12.5. The van der Waals surface area contributed by atoms with Crippen molar-refractivity contribution in [2.24, 2.45) is 5.92 Å². The van der Waals surface area contributed by atoms with E-state index in [-0.39, 0.29) is 11.8 Å². The van der Waals surface area contributed by atoms with E-state index in [2.05, 4.69) is 29.1 Å². The molecule has 1 atom stereocenters. The quantitative estimate of drug-likeness (QED) is 0.571. The highest BCUT2D eigenvalue weighted by atomic mass is 35.5. The Kier molecular flexibility index (Phi) is 5.84. The highest BCUT2D eigenvalue weighted by Crippen LogP contribution is 2.34. The summed E-state index contributed by atoms with van der Waals surface area (Å²) < 4.78 is 0. The summed E-state index contributed by atoms with van der Waals surface area (Å²) in [6.07, 6.45) is 4.00. The van der Waals surface area contributed by atoms with Gasteiger partial charge in [-0.1, -0.05) is 43.1 Å². The number of benzene rings is 1. The summed E-state index contributed by atoms with van der Waals surface area (Å²) >= 11 is 12.1. The third kappa shape index (κ3) is 4.37. The van der Waals surface area contributed by atoms with E-state index in [1.807, 2.05) is 30.5 Å². The van der Waals surface area contributed by atoms with Crippen LogP contribution in [0.25, 0.3) is 10.9 Å². The van der Waals surface area contributed by atoms with Gasteiger partial charge in [-0.25, -0.2) is 4.98 Å². The van der Waals surface area contributed by atoms with E-state index >= 15 is 0 Å². The maximum Gasteiger partial charge on any atom is 0.220 e. The summed E-state index contributed by atoms with van der Waals surface area (Å²) in [6, 6.07) is 9.37. The number of fused-ring (bicyclic) bond motifs is 1. The van der Waals surface area contributed by atoms with Crippen LogP contribution in [0, 0.1) is 5.92 Å². The monoisotopic (exact) mass is 389 g/mol. The van der Waals surface area contributed by atoms with E-state index in [4.69, 9.17) is 23.2 Å². The van der Waals surface area contributed by atoms with Gasteiger partial charge in [0.05, 0.1) is 0 Å². The molecule has 0 radical (unpaired) electrons. The predicted molar refractivity (Wildman–Crippen MR) is 107 cm³/mol. The van der Waals surface area contributed by atoms with Crippen LogP contribution in [0.3, 0.4) is 0 Å². The second-order valence-corrected chi connectivity index (χ2v) is 7.63. The van der Waals surface area contributed by atoms with Crippen molar-refractivity contribution >= 4 is 40.0 Å². The number of hydrogen-bond donors (Lipinski definition) is 2. The number of carbonyl (C=O) groups is 1. The Balaban J connectivity index is 1.97. The second-order valence-electron chi connectivity index (χ2n) is 6.80. The third-order valence-corrected chi connectivity index (χ3v) is 4.76. The van der Waals surface area contributed by atoms with Crippen LogP contribution in [0.5, 0.6) is 0 Å². The first-order chi connectivity index (χ1) is 12.4. The number of rotatable bonds is 6. The van der Waals surface area contributed by atoms with Gasteiger partial charge in [0.15, 0.2) is 0 Å². The van der Waals surface area contributed by atoms with Gasteiger partial charge in [-0.05, 0) is 41.3 Å². The minimum Gasteiger partial charge on any atom is -0.361 e. The number of pyridine rings is 1. The zero-order chi connectivity index (χ0) is 18.7. The fraction of sp³-hybridized carbons (Fsp3) is 0.300. The Morgan fingerprint density at radius 3 is 2.73 bits per heavy atom. The Labute approximate surface area is 162 Å². The molecule has 0 saturated heterocycles. The number of amides is 1. The fourth-order valence-corrected chi connectivity index (χ4v) is 3.26. The van der Waals surface area contributed by atoms with E-state index < -0.39 is 0 Å². The molecule has 0 unspecified atom stereocenters. The van der Waals surface area contributed by atoms with Crippen molar-refractivity contribution in [2.75, 3.05) is 6.54 Å². The van der Waals surface area contributed by atoms with Crippen molar-refractivity contribution in [3.63, 3.8) is 0 Å². The van der Waals surface area contributed by atoms with Crippen LogP contribution < -0.4 is 5.32 Å². The fourth-order valence-electron chi connectivity index (χ4n) is 2.98. The molecule has 0 aliphatic heterocycles. The van der Waals surface area contributed by atoms with Crippen LogP contribution in [0.1, 0.15) is 37.3 Å². The lowest BCUT2D eigenvalue weighted by Crippen LogP contribution is -2.28. The highest BCUT2D eigenvalue weighted by molar-refractivity contribution is 6.31. The molecular weight excluding hydrogens is 369 g/mol. The third-order valence-electron chi connectivity index (χ3n) is 4.30. The first-order valence-electron chi connectivity index (χ1n) is 8.58. The lowest BCUT2D eigenvalue weighted by molar-refractivity contribution is -0.121. The van der Waals surface area contributed by atoms with E-state index in [1.165, 1.54) is 0 Å². The number of nitrogens with zero attached hydrogens (tertiary/aromatic N) is 1. The molecule has 2 N–H and O–H groups in total. The topological polar surface area (TPSA) is 57.8 Å². The highest BCUT2D eigenvalue weighted by Gasteiger charge is 2.22. The van der Waals surface area contributed by atoms with Crippen LogP contribution in [0.2, 0.25) is 10.2 Å². The molecule has 3 aromatic rings. The number of H-pyrrole nitrogens is 1. The smallest absolute Gasteiger partial charge is 0.220 e. The minimum atomic E-state index is -0.140. The van der Waals surface area contributed by atoms with Crippen molar-refractivity contribution in [1.29, 1.82) is 0 Å². The molecule has 3 rings (SSSR count). The van der Waals surface area contributed by atoms with Gasteiger partial charge in [-0.15, -0.1) is 0 Å². The molecule has 26 heavy (non-hydrogen) atoms. The molecule has 6 heteroatoms. The zero-order valence-corrected chi connectivity index (χ0v) is 16.2. The molecule has 0 bridgehead atoms. The average molecular weight is 390 g/mol. The van der Waals surface area contributed by atoms with Crippen molar-refractivity contribution in [3.8, 4) is 0 Å². The molecule has 0 spiro atoms. The van der Waals surface area contributed by atoms with Gasteiger partial charge in [-0.3, -0.25) is 4.79 Å². The van der Waals surface area contributed by atoms with Gasteiger partial charge >= 0.3 is 0 Å². The first-order valence-corrected chi connectivity index (χ1v) is 9.34. The first kappa shape index (κ1) is 18.7. The molecule has 0 aliphatic rings. The van der Waals surface area contributed by atoms with Gasteiger partial charge in [0.25, 0.3) is 0 Å². The number of hydrogen-bond acceptors (Lipinski definition) is 2. The summed E-state index contributed by atoms with van der Waals surface area (Å²) in [5.74, 6) is 0.274. The molecule has 136 valence electrons. The van der Waals surface area contributed by atoms with Crippen molar-refractivity contribution in [2.45, 2.75) is 26.2 Å². The Hall–Kier alpha value is -2.04. The Morgan fingerprint density at radius 2 is 2.04 bits per heavy atom. The van der Waals surface area contributed by atoms with Gasteiger partial charge < -0.3 is 10.3 Å². The standard InChI is InChI=1S/C20H21Cl2N3O/c1-12(2)9-25-20(26)8-15(13-3-6-19(22)24-10-13)17-11-23-18-5-4-14(21)7-16(17)18/h3-7,10-12,15,23H,8-9H2,1-2H3,(H,25,26)/t15-/m0/s1. The summed E-state index contributed by atoms with van der Waals surface area (Å²) in [6.45, 7) is 4.80. The number of carbonyl (C=O) groups excluding carboxylic acids is 1. The van der Waals surface area contributed by atoms with Crippen LogP contribution in [0.15, 0.2) is 42.7 Å². The summed E-state index contributed by atoms with van der Waals surface area (Å²) in [5, 5.41) is 5.09. The molecular formula is C20H21Cl2N3O. The number of aromatic amines is 1. The van der Waals surface area contributed by atoms with Gasteiger partial charge in [0.1, 0.15) is 5.15 Å². The molecule has 0 aliphatic carbocycles. The maximum atomic E-state index is 12.5. The largest absolute Gasteiger partial charge is 0.361 e. The average Bonchev–Trinajstić information content (AvgIpc) is 3.01. The summed E-state index contributed by atoms with van der Waals surface area (Å²) in [7, 11) is 0. The van der Waals surface area contributed by atoms with Crippen molar-refractivity contribution in [3.05, 3.63) is 64.0 Å². The van der Waals surface area contributed by atoms with Crippen LogP contribution in [-0.2, 0) is 4.79 Å². The molecule has 4 nitrogen and oxygen atoms in total. The summed E-state index contributed by atoms with van der Waals surface area (Å²) in [5.41, 5.74) is 2.94. The lowest BCUT2D eigenvalue weighted by atomic mass is 9.89.